The van der Waals surface area contributed by atoms with Gasteiger partial charge in [0.25, 0.3) is 0 Å². The molecular weight excluding hydrogens is 292 g/mol. The Morgan fingerprint density at radius 3 is 2.09 bits per heavy atom. The van der Waals surface area contributed by atoms with Crippen LogP contribution in [0.15, 0.2) is 18.2 Å². The summed E-state index contributed by atoms with van der Waals surface area (Å²) in [7, 11) is 3.12. The van der Waals surface area contributed by atoms with Crippen molar-refractivity contribution in [2.45, 2.75) is 58.3 Å². The van der Waals surface area contributed by atoms with Crippen LogP contribution in [0.1, 0.15) is 68.6 Å². The molecule has 0 aliphatic rings. The van der Waals surface area contributed by atoms with Gasteiger partial charge in [-0.25, -0.2) is 4.79 Å². The first-order chi connectivity index (χ1) is 11.2. The molecule has 0 N–H and O–H groups in total. The quantitative estimate of drug-likeness (QED) is 0.401. The minimum Gasteiger partial charge on any atom is -0.493 e. The summed E-state index contributed by atoms with van der Waals surface area (Å²) in [5, 5.41) is 0. The van der Waals surface area contributed by atoms with E-state index in [-0.39, 0.29) is 5.97 Å². The van der Waals surface area contributed by atoms with Crippen LogP contribution in [0.5, 0.6) is 11.5 Å². The molecule has 23 heavy (non-hydrogen) atoms. The van der Waals surface area contributed by atoms with Gasteiger partial charge in [0.2, 0.25) is 0 Å². The maximum Gasteiger partial charge on any atom is 0.338 e. The number of ether oxygens (including phenoxy) is 3. The number of benzene rings is 1. The van der Waals surface area contributed by atoms with Gasteiger partial charge in [-0.15, -0.1) is 0 Å². The smallest absolute Gasteiger partial charge is 0.338 e. The maximum atomic E-state index is 12.0. The Labute approximate surface area is 140 Å². The zero-order chi connectivity index (χ0) is 16.9. The second-order valence-corrected chi connectivity index (χ2v) is 5.68. The summed E-state index contributed by atoms with van der Waals surface area (Å²) in [5.74, 6) is 0.829. The molecule has 0 saturated carbocycles. The number of rotatable bonds is 12. The number of esters is 1. The molecule has 1 rings (SSSR count). The second-order valence-electron chi connectivity index (χ2n) is 5.68. The first kappa shape index (κ1) is 19.3. The van der Waals surface area contributed by atoms with Gasteiger partial charge in [-0.3, -0.25) is 0 Å². The van der Waals surface area contributed by atoms with Crippen LogP contribution in [-0.2, 0) is 4.74 Å². The molecular formula is C19H30O4. The first-order valence-corrected chi connectivity index (χ1v) is 8.62. The van der Waals surface area contributed by atoms with E-state index < -0.39 is 0 Å². The highest BCUT2D eigenvalue weighted by atomic mass is 16.5. The average Bonchev–Trinajstić information content (AvgIpc) is 2.59. The van der Waals surface area contributed by atoms with Crippen molar-refractivity contribution in [3.05, 3.63) is 23.8 Å². The zero-order valence-corrected chi connectivity index (χ0v) is 14.7. The van der Waals surface area contributed by atoms with E-state index in [0.717, 1.165) is 12.8 Å². The van der Waals surface area contributed by atoms with Crippen molar-refractivity contribution >= 4 is 5.97 Å². The third kappa shape index (κ3) is 7.40. The molecule has 1 aromatic rings. The standard InChI is InChI=1S/C19H30O4/c1-4-5-6-7-8-9-10-11-14-23-19(20)16-12-13-17(21-2)18(15-16)22-3/h12-13,15H,4-11,14H2,1-3H3. The highest BCUT2D eigenvalue weighted by Crippen LogP contribution is 2.27. The molecule has 4 heteroatoms. The van der Waals surface area contributed by atoms with Crippen molar-refractivity contribution in [1.29, 1.82) is 0 Å². The van der Waals surface area contributed by atoms with Crippen LogP contribution in [0, 0.1) is 0 Å². The van der Waals surface area contributed by atoms with Crippen molar-refractivity contribution in [1.82, 2.24) is 0 Å². The third-order valence-corrected chi connectivity index (χ3v) is 3.85. The largest absolute Gasteiger partial charge is 0.493 e. The van der Waals surface area contributed by atoms with E-state index in [1.54, 1.807) is 32.4 Å². The van der Waals surface area contributed by atoms with Crippen LogP contribution in [0.3, 0.4) is 0 Å². The lowest BCUT2D eigenvalue weighted by Gasteiger charge is -2.09. The third-order valence-electron chi connectivity index (χ3n) is 3.85. The second kappa shape index (κ2) is 11.8. The van der Waals surface area contributed by atoms with Crippen LogP contribution >= 0.6 is 0 Å². The molecule has 0 atom stereocenters. The van der Waals surface area contributed by atoms with E-state index in [4.69, 9.17) is 14.2 Å². The van der Waals surface area contributed by atoms with Gasteiger partial charge in [0.15, 0.2) is 11.5 Å². The minimum absolute atomic E-state index is 0.311. The summed E-state index contributed by atoms with van der Waals surface area (Å²) in [6, 6.07) is 5.05. The summed E-state index contributed by atoms with van der Waals surface area (Å²) in [4.78, 5) is 12.0. The predicted octanol–water partition coefficient (Wildman–Crippen LogP) is 5.00. The Morgan fingerprint density at radius 1 is 0.870 bits per heavy atom. The van der Waals surface area contributed by atoms with Crippen LogP contribution in [0.25, 0.3) is 0 Å². The highest BCUT2D eigenvalue weighted by Gasteiger charge is 2.11. The highest BCUT2D eigenvalue weighted by molar-refractivity contribution is 5.90. The predicted molar refractivity (Wildman–Crippen MR) is 92.4 cm³/mol. The average molecular weight is 322 g/mol. The van der Waals surface area contributed by atoms with Gasteiger partial charge < -0.3 is 14.2 Å². The molecule has 0 saturated heterocycles. The summed E-state index contributed by atoms with van der Waals surface area (Å²) in [5.41, 5.74) is 0.488. The molecule has 4 nitrogen and oxygen atoms in total. The summed E-state index contributed by atoms with van der Waals surface area (Å²) >= 11 is 0. The molecule has 0 aromatic heterocycles. The SMILES string of the molecule is CCCCCCCCCCOC(=O)c1ccc(OC)c(OC)c1. The van der Waals surface area contributed by atoms with Crippen molar-refractivity contribution in [3.63, 3.8) is 0 Å². The normalized spacial score (nSPS) is 10.4. The summed E-state index contributed by atoms with van der Waals surface area (Å²) in [6.45, 7) is 2.70. The van der Waals surface area contributed by atoms with E-state index >= 15 is 0 Å². The Hall–Kier alpha value is -1.71. The van der Waals surface area contributed by atoms with Crippen molar-refractivity contribution in [2.75, 3.05) is 20.8 Å². The Kier molecular flexibility index (Phi) is 9.92. The number of methoxy groups -OCH3 is 2. The van der Waals surface area contributed by atoms with Crippen LogP contribution in [0.4, 0.5) is 0 Å². The Balaban J connectivity index is 2.21. The van der Waals surface area contributed by atoms with E-state index in [1.807, 2.05) is 0 Å². The van der Waals surface area contributed by atoms with Gasteiger partial charge in [-0.05, 0) is 24.6 Å². The monoisotopic (exact) mass is 322 g/mol. The molecule has 0 heterocycles. The van der Waals surface area contributed by atoms with Crippen molar-refractivity contribution < 1.29 is 19.0 Å². The molecule has 0 bridgehead atoms. The molecule has 0 amide bonds. The van der Waals surface area contributed by atoms with Crippen LogP contribution in [0.2, 0.25) is 0 Å². The summed E-state index contributed by atoms with van der Waals surface area (Å²) in [6.07, 6.45) is 9.82. The van der Waals surface area contributed by atoms with Crippen LogP contribution < -0.4 is 9.47 Å². The van der Waals surface area contributed by atoms with E-state index in [1.165, 1.54) is 38.5 Å². The van der Waals surface area contributed by atoms with Crippen molar-refractivity contribution in [2.24, 2.45) is 0 Å². The van der Waals surface area contributed by atoms with Gasteiger partial charge in [-0.2, -0.15) is 0 Å². The molecule has 0 spiro atoms. The Bertz CT molecular complexity index is 457. The minimum atomic E-state index is -0.311. The van der Waals surface area contributed by atoms with E-state index in [0.29, 0.717) is 23.7 Å². The van der Waals surface area contributed by atoms with Gasteiger partial charge in [0.05, 0.1) is 26.4 Å². The lowest BCUT2D eigenvalue weighted by Crippen LogP contribution is -2.07. The molecule has 130 valence electrons. The number of hydrogen-bond acceptors (Lipinski definition) is 4. The zero-order valence-electron chi connectivity index (χ0n) is 14.7. The number of unbranched alkanes of at least 4 members (excludes halogenated alkanes) is 7. The van der Waals surface area contributed by atoms with Gasteiger partial charge in [-0.1, -0.05) is 51.9 Å². The molecule has 0 fully saturated rings. The van der Waals surface area contributed by atoms with Crippen LogP contribution in [-0.4, -0.2) is 26.8 Å². The molecule has 0 aliphatic carbocycles. The van der Waals surface area contributed by atoms with Gasteiger partial charge in [0.1, 0.15) is 0 Å². The first-order valence-electron chi connectivity index (χ1n) is 8.62. The fourth-order valence-corrected chi connectivity index (χ4v) is 2.45. The lowest BCUT2D eigenvalue weighted by molar-refractivity contribution is 0.0497. The Morgan fingerprint density at radius 2 is 1.48 bits per heavy atom. The maximum absolute atomic E-state index is 12.0. The molecule has 0 unspecified atom stereocenters. The van der Waals surface area contributed by atoms with Gasteiger partial charge in [0, 0.05) is 0 Å². The molecule has 0 aliphatic heterocycles. The summed E-state index contributed by atoms with van der Waals surface area (Å²) < 4.78 is 15.7. The number of hydrogen-bond donors (Lipinski definition) is 0. The van der Waals surface area contributed by atoms with E-state index in [9.17, 15) is 4.79 Å². The lowest BCUT2D eigenvalue weighted by atomic mass is 10.1. The fourth-order valence-electron chi connectivity index (χ4n) is 2.45. The number of carbonyl (C=O) groups excluding carboxylic acids is 1. The number of carbonyl (C=O) groups is 1. The fraction of sp³-hybridized carbons (Fsp3) is 0.632. The van der Waals surface area contributed by atoms with Gasteiger partial charge >= 0.3 is 5.97 Å². The molecule has 0 radical (unpaired) electrons. The molecule has 1 aromatic carbocycles. The topological polar surface area (TPSA) is 44.8 Å². The van der Waals surface area contributed by atoms with E-state index in [2.05, 4.69) is 6.92 Å². The van der Waals surface area contributed by atoms with Crippen molar-refractivity contribution in [3.8, 4) is 11.5 Å².